The molecule has 0 fully saturated rings. The van der Waals surface area contributed by atoms with E-state index in [-0.39, 0.29) is 16.2 Å². The Labute approximate surface area is 139 Å². The van der Waals surface area contributed by atoms with Gasteiger partial charge in [0, 0.05) is 0 Å². The van der Waals surface area contributed by atoms with Crippen LogP contribution in [0.15, 0.2) is 47.4 Å². The Morgan fingerprint density at radius 2 is 1.83 bits per heavy atom. The molecule has 0 radical (unpaired) electrons. The number of rotatable bonds is 6. The van der Waals surface area contributed by atoms with E-state index >= 15 is 0 Å². The maximum absolute atomic E-state index is 13.2. The first-order chi connectivity index (χ1) is 11.3. The van der Waals surface area contributed by atoms with Crippen LogP contribution in [0.5, 0.6) is 11.5 Å². The van der Waals surface area contributed by atoms with Crippen LogP contribution in [0.1, 0.15) is 5.56 Å². The first-order valence-corrected chi connectivity index (χ1v) is 8.41. The molecule has 0 unspecified atom stereocenters. The predicted octanol–water partition coefficient (Wildman–Crippen LogP) is 2.03. The number of carbonyl (C=O) groups is 1. The lowest BCUT2D eigenvalue weighted by Gasteiger charge is -2.10. The van der Waals surface area contributed by atoms with E-state index in [2.05, 4.69) is 4.72 Å². The van der Waals surface area contributed by atoms with E-state index in [9.17, 15) is 17.6 Å². The van der Waals surface area contributed by atoms with Gasteiger partial charge in [0.1, 0.15) is 12.4 Å². The second kappa shape index (κ2) is 7.41. The smallest absolute Gasteiger partial charge is 0.326 e. The molecule has 0 aromatic heterocycles. The number of methoxy groups -OCH3 is 1. The van der Waals surface area contributed by atoms with Crippen LogP contribution in [0.25, 0.3) is 0 Å². The molecule has 8 heteroatoms. The number of ether oxygens (including phenoxy) is 2. The van der Waals surface area contributed by atoms with Gasteiger partial charge in [-0.2, -0.15) is 4.72 Å². The number of carbonyl (C=O) groups excluding carboxylic acids is 1. The summed E-state index contributed by atoms with van der Waals surface area (Å²) in [6.45, 7) is 0.876. The third-order valence-electron chi connectivity index (χ3n) is 3.14. The quantitative estimate of drug-likeness (QED) is 0.635. The summed E-state index contributed by atoms with van der Waals surface area (Å²) in [7, 11) is -2.53. The van der Waals surface area contributed by atoms with E-state index in [1.807, 2.05) is 0 Å². The Morgan fingerprint density at radius 3 is 2.46 bits per heavy atom. The fourth-order valence-corrected chi connectivity index (χ4v) is 2.94. The van der Waals surface area contributed by atoms with Crippen LogP contribution in [-0.4, -0.2) is 28.0 Å². The lowest BCUT2D eigenvalue weighted by molar-refractivity contribution is -0.133. The van der Waals surface area contributed by atoms with E-state index in [1.165, 1.54) is 26.2 Å². The van der Waals surface area contributed by atoms with Gasteiger partial charge in [-0.1, -0.05) is 12.1 Å². The molecule has 0 saturated carbocycles. The number of benzene rings is 2. The van der Waals surface area contributed by atoms with Gasteiger partial charge in [-0.15, -0.1) is 0 Å². The Morgan fingerprint density at radius 1 is 1.17 bits per heavy atom. The van der Waals surface area contributed by atoms with Crippen molar-refractivity contribution in [2.45, 2.75) is 11.8 Å². The maximum atomic E-state index is 13.2. The fourth-order valence-electron chi connectivity index (χ4n) is 1.88. The van der Waals surface area contributed by atoms with Gasteiger partial charge < -0.3 is 9.47 Å². The van der Waals surface area contributed by atoms with Crippen LogP contribution in [0, 0.1) is 12.7 Å². The predicted molar refractivity (Wildman–Crippen MR) is 85.0 cm³/mol. The number of halogens is 1. The molecular formula is C16H16FNO5S. The largest absolute Gasteiger partial charge is 0.493 e. The van der Waals surface area contributed by atoms with Crippen LogP contribution in [-0.2, 0) is 14.8 Å². The summed E-state index contributed by atoms with van der Waals surface area (Å²) in [5.41, 5.74) is 0.189. The summed E-state index contributed by atoms with van der Waals surface area (Å²) >= 11 is 0. The lowest BCUT2D eigenvalue weighted by Crippen LogP contribution is -2.32. The molecule has 0 atom stereocenters. The van der Waals surface area contributed by atoms with Gasteiger partial charge in [0.05, 0.1) is 12.0 Å². The van der Waals surface area contributed by atoms with Gasteiger partial charge in [-0.25, -0.2) is 12.8 Å². The summed E-state index contributed by atoms with van der Waals surface area (Å²) in [5, 5.41) is 0. The van der Waals surface area contributed by atoms with Gasteiger partial charge in [0.2, 0.25) is 10.0 Å². The minimum atomic E-state index is -3.95. The van der Waals surface area contributed by atoms with E-state index in [0.717, 1.165) is 12.1 Å². The highest BCUT2D eigenvalue weighted by molar-refractivity contribution is 7.89. The van der Waals surface area contributed by atoms with Gasteiger partial charge >= 0.3 is 5.97 Å². The van der Waals surface area contributed by atoms with E-state index < -0.39 is 28.4 Å². The van der Waals surface area contributed by atoms with Gasteiger partial charge in [-0.05, 0) is 42.8 Å². The van der Waals surface area contributed by atoms with Crippen molar-refractivity contribution >= 4 is 16.0 Å². The van der Waals surface area contributed by atoms with Crippen molar-refractivity contribution in [3.8, 4) is 11.5 Å². The van der Waals surface area contributed by atoms with Crippen LogP contribution < -0.4 is 14.2 Å². The summed E-state index contributed by atoms with van der Waals surface area (Å²) in [6.07, 6.45) is 0. The minimum absolute atomic E-state index is 0.133. The average Bonchev–Trinajstić information content (AvgIpc) is 2.56. The minimum Gasteiger partial charge on any atom is -0.493 e. The molecule has 0 amide bonds. The second-order valence-corrected chi connectivity index (χ2v) is 6.63. The fraction of sp³-hybridized carbons (Fsp3) is 0.188. The zero-order chi connectivity index (χ0) is 17.7. The van der Waals surface area contributed by atoms with E-state index in [4.69, 9.17) is 9.47 Å². The van der Waals surface area contributed by atoms with Gasteiger partial charge in [0.15, 0.2) is 11.5 Å². The normalized spacial score (nSPS) is 11.1. The van der Waals surface area contributed by atoms with Crippen LogP contribution in [0.2, 0.25) is 0 Å². The first-order valence-electron chi connectivity index (χ1n) is 6.93. The first kappa shape index (κ1) is 17.9. The van der Waals surface area contributed by atoms with Crippen molar-refractivity contribution < 1.29 is 27.1 Å². The maximum Gasteiger partial charge on any atom is 0.326 e. The number of hydrogen-bond acceptors (Lipinski definition) is 5. The lowest BCUT2D eigenvalue weighted by atomic mass is 10.2. The highest BCUT2D eigenvalue weighted by atomic mass is 32.2. The molecule has 0 aliphatic heterocycles. The summed E-state index contributed by atoms with van der Waals surface area (Å²) in [6, 6.07) is 9.84. The highest BCUT2D eigenvalue weighted by Gasteiger charge is 2.18. The van der Waals surface area contributed by atoms with Crippen LogP contribution in [0.4, 0.5) is 4.39 Å². The Balaban J connectivity index is 2.03. The third kappa shape index (κ3) is 4.30. The van der Waals surface area contributed by atoms with Gasteiger partial charge in [0.25, 0.3) is 0 Å². The summed E-state index contributed by atoms with van der Waals surface area (Å²) in [5.74, 6) is -0.781. The molecule has 6 nitrogen and oxygen atoms in total. The molecule has 24 heavy (non-hydrogen) atoms. The Bertz CT molecular complexity index is 851. The number of para-hydroxylation sites is 2. The second-order valence-electron chi connectivity index (χ2n) is 4.86. The molecule has 0 bridgehead atoms. The molecule has 2 aromatic rings. The number of esters is 1. The third-order valence-corrected chi connectivity index (χ3v) is 4.54. The molecule has 0 spiro atoms. The van der Waals surface area contributed by atoms with Crippen molar-refractivity contribution in [2.24, 2.45) is 0 Å². The zero-order valence-electron chi connectivity index (χ0n) is 13.1. The van der Waals surface area contributed by atoms with E-state index in [0.29, 0.717) is 5.75 Å². The van der Waals surface area contributed by atoms with Gasteiger partial charge in [-0.3, -0.25) is 4.79 Å². The molecule has 2 rings (SSSR count). The average molecular weight is 353 g/mol. The highest BCUT2D eigenvalue weighted by Crippen LogP contribution is 2.25. The van der Waals surface area contributed by atoms with Crippen molar-refractivity contribution in [2.75, 3.05) is 13.7 Å². The number of nitrogens with one attached hydrogen (secondary N) is 1. The zero-order valence-corrected chi connectivity index (χ0v) is 13.9. The number of hydrogen-bond donors (Lipinski definition) is 1. The van der Waals surface area contributed by atoms with Crippen molar-refractivity contribution in [3.05, 3.63) is 53.8 Å². The van der Waals surface area contributed by atoms with E-state index in [1.54, 1.807) is 18.2 Å². The summed E-state index contributed by atoms with van der Waals surface area (Å²) in [4.78, 5) is 11.7. The summed E-state index contributed by atoms with van der Waals surface area (Å²) < 4.78 is 49.6. The Kier molecular flexibility index (Phi) is 5.53. The molecule has 0 aliphatic carbocycles. The molecule has 2 aromatic carbocycles. The van der Waals surface area contributed by atoms with Crippen molar-refractivity contribution in [1.82, 2.24) is 4.72 Å². The molecule has 1 N–H and O–H groups in total. The monoisotopic (exact) mass is 353 g/mol. The van der Waals surface area contributed by atoms with Crippen molar-refractivity contribution in [1.29, 1.82) is 0 Å². The molecular weight excluding hydrogens is 337 g/mol. The standard InChI is InChI=1S/C16H16FNO5S/c1-11-9-12(7-8-13(11)17)24(20,21)18-10-16(19)23-15-6-4-3-5-14(15)22-2/h3-9,18H,10H2,1-2H3. The SMILES string of the molecule is COc1ccccc1OC(=O)CNS(=O)(=O)c1ccc(F)c(C)c1. The molecule has 128 valence electrons. The topological polar surface area (TPSA) is 81.7 Å². The Hall–Kier alpha value is -2.45. The number of aryl methyl sites for hydroxylation is 1. The molecule has 0 aliphatic rings. The number of sulfonamides is 1. The van der Waals surface area contributed by atoms with Crippen LogP contribution >= 0.6 is 0 Å². The molecule has 0 saturated heterocycles. The molecule has 0 heterocycles. The van der Waals surface area contributed by atoms with Crippen LogP contribution in [0.3, 0.4) is 0 Å². The van der Waals surface area contributed by atoms with Crippen molar-refractivity contribution in [3.63, 3.8) is 0 Å².